The van der Waals surface area contributed by atoms with Crippen molar-refractivity contribution in [2.24, 2.45) is 0 Å². The van der Waals surface area contributed by atoms with E-state index in [-0.39, 0.29) is 12.3 Å². The number of nitrogens with one attached hydrogen (secondary N) is 1. The molecular weight excluding hydrogens is 328 g/mol. The number of carbonyl (C=O) groups excluding carboxylic acids is 1. The molecule has 0 unspecified atom stereocenters. The fourth-order valence-electron chi connectivity index (χ4n) is 2.83. The summed E-state index contributed by atoms with van der Waals surface area (Å²) < 4.78 is 15.9. The molecule has 7 heteroatoms. The summed E-state index contributed by atoms with van der Waals surface area (Å²) in [6, 6.07) is 3.56. The van der Waals surface area contributed by atoms with Crippen LogP contribution in [0.1, 0.15) is 22.6 Å². The largest absolute Gasteiger partial charge is 0.493 e. The number of nitrogens with zero attached hydrogens (tertiary/aromatic N) is 1. The van der Waals surface area contributed by atoms with E-state index in [0.717, 1.165) is 30.5 Å². The van der Waals surface area contributed by atoms with Crippen LogP contribution in [-0.4, -0.2) is 32.2 Å². The van der Waals surface area contributed by atoms with E-state index in [1.807, 2.05) is 0 Å². The summed E-state index contributed by atoms with van der Waals surface area (Å²) in [6.45, 7) is 0. The number of aryl methyl sites for hydroxylation is 2. The molecule has 1 amide bonds. The van der Waals surface area contributed by atoms with Gasteiger partial charge in [-0.2, -0.15) is 0 Å². The highest BCUT2D eigenvalue weighted by atomic mass is 32.1. The first-order valence-corrected chi connectivity index (χ1v) is 8.53. The number of thiazole rings is 1. The van der Waals surface area contributed by atoms with Gasteiger partial charge in [0.15, 0.2) is 16.6 Å². The van der Waals surface area contributed by atoms with E-state index in [9.17, 15) is 4.79 Å². The molecular formula is C17H20N2O4S. The maximum Gasteiger partial charge on any atom is 0.230 e. The van der Waals surface area contributed by atoms with Gasteiger partial charge in [0.25, 0.3) is 0 Å². The van der Waals surface area contributed by atoms with Gasteiger partial charge < -0.3 is 19.5 Å². The number of ether oxygens (including phenoxy) is 3. The highest BCUT2D eigenvalue weighted by molar-refractivity contribution is 7.15. The third kappa shape index (κ3) is 3.31. The number of amides is 1. The number of fused-ring (bicyclic) bond motifs is 1. The molecule has 3 rings (SSSR count). The van der Waals surface area contributed by atoms with Crippen LogP contribution in [0.3, 0.4) is 0 Å². The minimum absolute atomic E-state index is 0.114. The van der Waals surface area contributed by atoms with Gasteiger partial charge in [-0.3, -0.25) is 4.79 Å². The van der Waals surface area contributed by atoms with Gasteiger partial charge in [0, 0.05) is 4.88 Å². The van der Waals surface area contributed by atoms with Gasteiger partial charge in [-0.1, -0.05) is 0 Å². The molecule has 0 fully saturated rings. The van der Waals surface area contributed by atoms with Crippen molar-refractivity contribution in [2.75, 3.05) is 26.6 Å². The lowest BCUT2D eigenvalue weighted by Crippen LogP contribution is -2.14. The quantitative estimate of drug-likeness (QED) is 0.869. The third-order valence-corrected chi connectivity index (χ3v) is 5.00. The van der Waals surface area contributed by atoms with Crippen molar-refractivity contribution >= 4 is 22.4 Å². The van der Waals surface area contributed by atoms with Crippen LogP contribution in [0.2, 0.25) is 0 Å². The molecule has 1 aromatic heterocycles. The summed E-state index contributed by atoms with van der Waals surface area (Å²) in [6.07, 6.45) is 3.44. The first-order valence-electron chi connectivity index (χ1n) is 7.72. The Balaban J connectivity index is 1.73. The summed E-state index contributed by atoms with van der Waals surface area (Å²) in [5.41, 5.74) is 1.91. The average Bonchev–Trinajstić information content (AvgIpc) is 3.14. The molecule has 0 atom stereocenters. The highest BCUT2D eigenvalue weighted by Gasteiger charge is 2.19. The summed E-state index contributed by atoms with van der Waals surface area (Å²) in [7, 11) is 4.66. The number of methoxy groups -OCH3 is 3. The SMILES string of the molecule is COc1cc(CC(=O)Nc2nc3c(s2)CCC3)cc(OC)c1OC. The number of hydrogen-bond acceptors (Lipinski definition) is 6. The fourth-order valence-corrected chi connectivity index (χ4v) is 3.90. The molecule has 24 heavy (non-hydrogen) atoms. The van der Waals surface area contributed by atoms with E-state index in [1.165, 1.54) is 4.88 Å². The Morgan fingerprint density at radius 2 is 1.88 bits per heavy atom. The summed E-state index contributed by atoms with van der Waals surface area (Å²) in [5.74, 6) is 1.47. The minimum atomic E-state index is -0.114. The molecule has 0 spiro atoms. The average molecular weight is 348 g/mol. The summed E-state index contributed by atoms with van der Waals surface area (Å²) in [4.78, 5) is 18.1. The van der Waals surface area contributed by atoms with Gasteiger partial charge in [-0.25, -0.2) is 4.98 Å². The molecule has 0 saturated heterocycles. The van der Waals surface area contributed by atoms with E-state index >= 15 is 0 Å². The smallest absolute Gasteiger partial charge is 0.230 e. The Kier molecular flexibility index (Phi) is 4.89. The maximum absolute atomic E-state index is 12.3. The molecule has 0 bridgehead atoms. The van der Waals surface area contributed by atoms with Crippen LogP contribution in [0.25, 0.3) is 0 Å². The van der Waals surface area contributed by atoms with Gasteiger partial charge in [-0.05, 0) is 37.0 Å². The van der Waals surface area contributed by atoms with Crippen molar-refractivity contribution in [3.05, 3.63) is 28.3 Å². The van der Waals surface area contributed by atoms with Crippen molar-refractivity contribution in [1.29, 1.82) is 0 Å². The minimum Gasteiger partial charge on any atom is -0.493 e. The van der Waals surface area contributed by atoms with Crippen molar-refractivity contribution < 1.29 is 19.0 Å². The number of anilines is 1. The number of benzene rings is 1. The zero-order chi connectivity index (χ0) is 17.1. The summed E-state index contributed by atoms with van der Waals surface area (Å²) in [5, 5.41) is 3.56. The van der Waals surface area contributed by atoms with E-state index < -0.39 is 0 Å². The van der Waals surface area contributed by atoms with Crippen LogP contribution in [0, 0.1) is 0 Å². The van der Waals surface area contributed by atoms with E-state index in [0.29, 0.717) is 22.4 Å². The molecule has 1 aromatic carbocycles. The lowest BCUT2D eigenvalue weighted by atomic mass is 10.1. The standard InChI is InChI=1S/C17H20N2O4S/c1-21-12-7-10(8-13(22-2)16(12)23-3)9-15(20)19-17-18-11-5-4-6-14(11)24-17/h7-8H,4-6,9H2,1-3H3,(H,18,19,20). The molecule has 1 heterocycles. The lowest BCUT2D eigenvalue weighted by molar-refractivity contribution is -0.115. The monoisotopic (exact) mass is 348 g/mol. The van der Waals surface area contributed by atoms with Crippen molar-refractivity contribution in [3.8, 4) is 17.2 Å². The zero-order valence-electron chi connectivity index (χ0n) is 14.0. The highest BCUT2D eigenvalue weighted by Crippen LogP contribution is 2.38. The molecule has 1 N–H and O–H groups in total. The number of aromatic nitrogens is 1. The van der Waals surface area contributed by atoms with Crippen LogP contribution < -0.4 is 19.5 Å². The number of hydrogen-bond donors (Lipinski definition) is 1. The normalized spacial score (nSPS) is 12.6. The Hall–Kier alpha value is -2.28. The fraction of sp³-hybridized carbons (Fsp3) is 0.412. The Labute approximate surface area is 144 Å². The molecule has 0 radical (unpaired) electrons. The molecule has 1 aliphatic rings. The first-order chi connectivity index (χ1) is 11.6. The topological polar surface area (TPSA) is 69.7 Å². The lowest BCUT2D eigenvalue weighted by Gasteiger charge is -2.13. The third-order valence-electron chi connectivity index (χ3n) is 3.93. The molecule has 0 aliphatic heterocycles. The van der Waals surface area contributed by atoms with Crippen LogP contribution in [0.4, 0.5) is 5.13 Å². The number of carbonyl (C=O) groups is 1. The van der Waals surface area contributed by atoms with Crippen molar-refractivity contribution in [2.45, 2.75) is 25.7 Å². The maximum atomic E-state index is 12.3. The number of rotatable bonds is 6. The Morgan fingerprint density at radius 1 is 1.17 bits per heavy atom. The van der Waals surface area contributed by atoms with Gasteiger partial charge in [0.05, 0.1) is 33.4 Å². The molecule has 128 valence electrons. The van der Waals surface area contributed by atoms with Gasteiger partial charge in [0.2, 0.25) is 11.7 Å². The van der Waals surface area contributed by atoms with Crippen molar-refractivity contribution in [3.63, 3.8) is 0 Å². The predicted molar refractivity (Wildman–Crippen MR) is 92.6 cm³/mol. The van der Waals surface area contributed by atoms with Crippen LogP contribution in [0.15, 0.2) is 12.1 Å². The zero-order valence-corrected chi connectivity index (χ0v) is 14.8. The first kappa shape index (κ1) is 16.6. The van der Waals surface area contributed by atoms with Crippen LogP contribution >= 0.6 is 11.3 Å². The molecule has 2 aromatic rings. The Bertz CT molecular complexity index is 711. The predicted octanol–water partition coefficient (Wildman–Crippen LogP) is 2.84. The van der Waals surface area contributed by atoms with Crippen LogP contribution in [0.5, 0.6) is 17.2 Å². The second-order valence-electron chi connectivity index (χ2n) is 5.50. The van der Waals surface area contributed by atoms with E-state index in [2.05, 4.69) is 10.3 Å². The van der Waals surface area contributed by atoms with Gasteiger partial charge in [-0.15, -0.1) is 11.3 Å². The summed E-state index contributed by atoms with van der Waals surface area (Å²) >= 11 is 1.57. The molecule has 1 aliphatic carbocycles. The Morgan fingerprint density at radius 3 is 2.46 bits per heavy atom. The second-order valence-corrected chi connectivity index (χ2v) is 6.58. The van der Waals surface area contributed by atoms with Gasteiger partial charge >= 0.3 is 0 Å². The second kappa shape index (κ2) is 7.09. The molecule has 6 nitrogen and oxygen atoms in total. The van der Waals surface area contributed by atoms with E-state index in [1.54, 1.807) is 44.8 Å². The van der Waals surface area contributed by atoms with Gasteiger partial charge in [0.1, 0.15) is 0 Å². The van der Waals surface area contributed by atoms with E-state index in [4.69, 9.17) is 14.2 Å². The van der Waals surface area contributed by atoms with Crippen LogP contribution in [-0.2, 0) is 24.1 Å². The van der Waals surface area contributed by atoms with Crippen molar-refractivity contribution in [1.82, 2.24) is 4.98 Å². The molecule has 0 saturated carbocycles.